The molecule has 0 aliphatic rings. The lowest BCUT2D eigenvalue weighted by atomic mass is 10.1. The van der Waals surface area contributed by atoms with E-state index in [4.69, 9.17) is 27.9 Å². The molecule has 2 nitrogen and oxygen atoms in total. The van der Waals surface area contributed by atoms with Crippen molar-refractivity contribution in [2.45, 2.75) is 6.92 Å². The molecule has 0 saturated heterocycles. The number of carbonyl (C=O) groups excluding carboxylic acids is 1. The Labute approximate surface area is 121 Å². The van der Waals surface area contributed by atoms with Crippen molar-refractivity contribution >= 4 is 29.0 Å². The lowest BCUT2D eigenvalue weighted by Crippen LogP contribution is -2.11. The zero-order chi connectivity index (χ0) is 13.8. The topological polar surface area (TPSA) is 26.3 Å². The van der Waals surface area contributed by atoms with Crippen LogP contribution in [0.3, 0.4) is 0 Å². The summed E-state index contributed by atoms with van der Waals surface area (Å²) < 4.78 is 5.45. The average molecular weight is 295 g/mol. The number of halogens is 2. The van der Waals surface area contributed by atoms with E-state index in [2.05, 4.69) is 0 Å². The summed E-state index contributed by atoms with van der Waals surface area (Å²) in [7, 11) is 0. The summed E-state index contributed by atoms with van der Waals surface area (Å²) in [6, 6.07) is 12.1. The van der Waals surface area contributed by atoms with Gasteiger partial charge in [-0.15, -0.1) is 0 Å². The van der Waals surface area contributed by atoms with Gasteiger partial charge in [0.15, 0.2) is 12.4 Å². The molecule has 0 fully saturated rings. The number of ketones is 1. The fraction of sp³-hybridized carbons (Fsp3) is 0.133. The zero-order valence-corrected chi connectivity index (χ0v) is 11.8. The minimum atomic E-state index is -0.116. The lowest BCUT2D eigenvalue weighted by Gasteiger charge is -2.07. The van der Waals surface area contributed by atoms with Gasteiger partial charge in [-0.1, -0.05) is 35.3 Å². The molecule has 4 heteroatoms. The number of hydrogen-bond acceptors (Lipinski definition) is 2. The molecule has 2 aromatic rings. The summed E-state index contributed by atoms with van der Waals surface area (Å²) in [5, 5.41) is 1.21. The molecule has 0 atom stereocenters. The first-order valence-electron chi connectivity index (χ1n) is 5.74. The summed E-state index contributed by atoms with van der Waals surface area (Å²) in [4.78, 5) is 11.9. The van der Waals surface area contributed by atoms with Crippen LogP contribution in [0.1, 0.15) is 15.9 Å². The number of carbonyl (C=O) groups is 1. The van der Waals surface area contributed by atoms with Gasteiger partial charge in [-0.05, 0) is 42.8 Å². The molecule has 2 rings (SSSR count). The van der Waals surface area contributed by atoms with E-state index in [1.165, 1.54) is 0 Å². The van der Waals surface area contributed by atoms with Crippen molar-refractivity contribution in [2.75, 3.05) is 6.61 Å². The van der Waals surface area contributed by atoms with Crippen LogP contribution < -0.4 is 4.74 Å². The molecular formula is C15H12Cl2O2. The molecule has 0 aliphatic heterocycles. The molecule has 0 aliphatic carbocycles. The number of Topliss-reactive ketones (excluding diaryl/α,β-unsaturated/α-hetero) is 1. The van der Waals surface area contributed by atoms with E-state index in [0.29, 0.717) is 21.4 Å². The van der Waals surface area contributed by atoms with Crippen molar-refractivity contribution in [1.29, 1.82) is 0 Å². The Bertz CT molecular complexity index is 609. The number of rotatable bonds is 4. The van der Waals surface area contributed by atoms with Crippen molar-refractivity contribution in [3.63, 3.8) is 0 Å². The SMILES string of the molecule is Cc1cc(OCC(=O)c2cccc(Cl)c2)ccc1Cl. The monoisotopic (exact) mass is 294 g/mol. The predicted molar refractivity (Wildman–Crippen MR) is 77.5 cm³/mol. The normalized spacial score (nSPS) is 10.3. The Morgan fingerprint density at radius 1 is 1.16 bits per heavy atom. The molecular weight excluding hydrogens is 283 g/mol. The summed E-state index contributed by atoms with van der Waals surface area (Å²) in [6.07, 6.45) is 0. The van der Waals surface area contributed by atoms with Crippen molar-refractivity contribution < 1.29 is 9.53 Å². The number of ether oxygens (including phenoxy) is 1. The highest BCUT2D eigenvalue weighted by atomic mass is 35.5. The molecule has 0 amide bonds. The summed E-state index contributed by atoms with van der Waals surface area (Å²) in [5.41, 5.74) is 1.45. The Morgan fingerprint density at radius 3 is 2.63 bits per heavy atom. The average Bonchev–Trinajstić information content (AvgIpc) is 2.40. The standard InChI is InChI=1S/C15H12Cl2O2/c1-10-7-13(5-6-14(10)17)19-9-15(18)11-3-2-4-12(16)8-11/h2-8H,9H2,1H3. The number of hydrogen-bond donors (Lipinski definition) is 0. The molecule has 0 bridgehead atoms. The van der Waals surface area contributed by atoms with Gasteiger partial charge in [0.25, 0.3) is 0 Å². The molecule has 0 saturated carbocycles. The predicted octanol–water partition coefficient (Wildman–Crippen LogP) is 4.56. The van der Waals surface area contributed by atoms with E-state index >= 15 is 0 Å². The Morgan fingerprint density at radius 2 is 1.95 bits per heavy atom. The van der Waals surface area contributed by atoms with Crippen LogP contribution in [-0.4, -0.2) is 12.4 Å². The summed E-state index contributed by atoms with van der Waals surface area (Å²) in [5.74, 6) is 0.507. The number of benzene rings is 2. The summed E-state index contributed by atoms with van der Waals surface area (Å²) >= 11 is 11.8. The van der Waals surface area contributed by atoms with Crippen LogP contribution in [0.5, 0.6) is 5.75 Å². The first-order valence-corrected chi connectivity index (χ1v) is 6.49. The van der Waals surface area contributed by atoms with Crippen LogP contribution in [0.2, 0.25) is 10.0 Å². The van der Waals surface area contributed by atoms with Crippen molar-refractivity contribution in [1.82, 2.24) is 0 Å². The molecule has 0 unspecified atom stereocenters. The highest BCUT2D eigenvalue weighted by molar-refractivity contribution is 6.31. The van der Waals surface area contributed by atoms with Gasteiger partial charge in [0.05, 0.1) is 0 Å². The molecule has 0 spiro atoms. The fourth-order valence-electron chi connectivity index (χ4n) is 1.60. The molecule has 0 aromatic heterocycles. The van der Waals surface area contributed by atoms with Gasteiger partial charge in [-0.2, -0.15) is 0 Å². The third-order valence-electron chi connectivity index (χ3n) is 2.65. The maximum atomic E-state index is 11.9. The third-order valence-corrected chi connectivity index (χ3v) is 3.31. The van der Waals surface area contributed by atoms with E-state index in [0.717, 1.165) is 5.56 Å². The quantitative estimate of drug-likeness (QED) is 0.773. The zero-order valence-electron chi connectivity index (χ0n) is 10.3. The minimum Gasteiger partial charge on any atom is -0.485 e. The van der Waals surface area contributed by atoms with Gasteiger partial charge in [0.1, 0.15) is 5.75 Å². The van der Waals surface area contributed by atoms with E-state index in [9.17, 15) is 4.79 Å². The highest BCUT2D eigenvalue weighted by Crippen LogP contribution is 2.21. The second-order valence-corrected chi connectivity index (χ2v) is 4.98. The van der Waals surface area contributed by atoms with Gasteiger partial charge >= 0.3 is 0 Å². The van der Waals surface area contributed by atoms with Crippen LogP contribution in [0, 0.1) is 6.92 Å². The maximum Gasteiger partial charge on any atom is 0.200 e. The Hall–Kier alpha value is -1.51. The van der Waals surface area contributed by atoms with Gasteiger partial charge in [-0.25, -0.2) is 0 Å². The van der Waals surface area contributed by atoms with Crippen molar-refractivity contribution in [3.05, 3.63) is 63.6 Å². The van der Waals surface area contributed by atoms with Crippen LogP contribution in [0.15, 0.2) is 42.5 Å². The van der Waals surface area contributed by atoms with E-state index in [1.807, 2.05) is 6.92 Å². The lowest BCUT2D eigenvalue weighted by molar-refractivity contribution is 0.0921. The van der Waals surface area contributed by atoms with Gasteiger partial charge in [-0.3, -0.25) is 4.79 Å². The van der Waals surface area contributed by atoms with Gasteiger partial charge in [0, 0.05) is 15.6 Å². The molecule has 0 radical (unpaired) electrons. The molecule has 0 heterocycles. The number of aryl methyl sites for hydroxylation is 1. The van der Waals surface area contributed by atoms with Crippen molar-refractivity contribution in [3.8, 4) is 5.75 Å². The largest absolute Gasteiger partial charge is 0.485 e. The van der Waals surface area contributed by atoms with Crippen LogP contribution in [-0.2, 0) is 0 Å². The molecule has 2 aromatic carbocycles. The smallest absolute Gasteiger partial charge is 0.200 e. The Balaban J connectivity index is 2.02. The third kappa shape index (κ3) is 3.72. The van der Waals surface area contributed by atoms with Gasteiger partial charge < -0.3 is 4.74 Å². The first-order chi connectivity index (χ1) is 9.06. The van der Waals surface area contributed by atoms with Crippen LogP contribution >= 0.6 is 23.2 Å². The molecule has 19 heavy (non-hydrogen) atoms. The van der Waals surface area contributed by atoms with E-state index < -0.39 is 0 Å². The van der Waals surface area contributed by atoms with Crippen LogP contribution in [0.4, 0.5) is 0 Å². The maximum absolute atomic E-state index is 11.9. The minimum absolute atomic E-state index is 0.0264. The van der Waals surface area contributed by atoms with Gasteiger partial charge in [0.2, 0.25) is 0 Å². The van der Waals surface area contributed by atoms with Crippen LogP contribution in [0.25, 0.3) is 0 Å². The highest BCUT2D eigenvalue weighted by Gasteiger charge is 2.07. The second-order valence-electron chi connectivity index (χ2n) is 4.13. The molecule has 0 N–H and O–H groups in total. The molecule has 98 valence electrons. The van der Waals surface area contributed by atoms with E-state index in [1.54, 1.807) is 42.5 Å². The summed E-state index contributed by atoms with van der Waals surface area (Å²) in [6.45, 7) is 1.86. The van der Waals surface area contributed by atoms with E-state index in [-0.39, 0.29) is 12.4 Å². The van der Waals surface area contributed by atoms with Crippen molar-refractivity contribution in [2.24, 2.45) is 0 Å². The second kappa shape index (κ2) is 6.09. The first kappa shape index (κ1) is 13.9. The fourth-order valence-corrected chi connectivity index (χ4v) is 1.91. The Kier molecular flexibility index (Phi) is 4.46.